The first kappa shape index (κ1) is 23.8. The van der Waals surface area contributed by atoms with Crippen LogP contribution < -0.4 is 10.2 Å². The average Bonchev–Trinajstić information content (AvgIpc) is 3.01. The Hall–Kier alpha value is -2.94. The van der Waals surface area contributed by atoms with Crippen LogP contribution in [0, 0.1) is 0 Å². The molecule has 1 atom stereocenters. The molecule has 0 bridgehead atoms. The molecule has 2 aromatic rings. The molecule has 3 heterocycles. The van der Waals surface area contributed by atoms with Crippen LogP contribution in [0.25, 0.3) is 0 Å². The lowest BCUT2D eigenvalue weighted by atomic mass is 9.82. The molecule has 35 heavy (non-hydrogen) atoms. The summed E-state index contributed by atoms with van der Waals surface area (Å²) < 4.78 is 12.5. The SMILES string of the molecule is CC(C)(C)N1CCC2(CC1)OC(C(=O)N1CCOc3cc(C(=O)NO)ccc3C1)c1ccccc12. The number of hydroxylamine groups is 1. The van der Waals surface area contributed by atoms with E-state index < -0.39 is 17.6 Å². The molecule has 2 N–H and O–H groups in total. The molecule has 3 aliphatic rings. The summed E-state index contributed by atoms with van der Waals surface area (Å²) in [6.07, 6.45) is 1.06. The minimum atomic E-state index is -0.645. The van der Waals surface area contributed by atoms with Gasteiger partial charge in [0.25, 0.3) is 11.8 Å². The Balaban J connectivity index is 1.38. The minimum Gasteiger partial charge on any atom is -0.491 e. The van der Waals surface area contributed by atoms with Crippen LogP contribution in [-0.4, -0.2) is 58.6 Å². The lowest BCUT2D eigenvalue weighted by Gasteiger charge is -2.45. The summed E-state index contributed by atoms with van der Waals surface area (Å²) in [5.74, 6) is -0.131. The van der Waals surface area contributed by atoms with Gasteiger partial charge < -0.3 is 14.4 Å². The number of amides is 2. The highest BCUT2D eigenvalue weighted by atomic mass is 16.5. The van der Waals surface area contributed by atoms with E-state index in [1.54, 1.807) is 28.6 Å². The predicted molar refractivity (Wildman–Crippen MR) is 129 cm³/mol. The number of fused-ring (bicyclic) bond motifs is 3. The van der Waals surface area contributed by atoms with E-state index in [0.29, 0.717) is 31.0 Å². The molecule has 186 valence electrons. The van der Waals surface area contributed by atoms with Crippen LogP contribution in [0.2, 0.25) is 0 Å². The molecule has 8 nitrogen and oxygen atoms in total. The maximum absolute atomic E-state index is 13.8. The van der Waals surface area contributed by atoms with E-state index >= 15 is 0 Å². The predicted octanol–water partition coefficient (Wildman–Crippen LogP) is 3.39. The van der Waals surface area contributed by atoms with E-state index in [1.807, 2.05) is 18.2 Å². The number of carbonyl (C=O) groups excluding carboxylic acids is 2. The van der Waals surface area contributed by atoms with Crippen LogP contribution in [0.4, 0.5) is 0 Å². The standard InChI is InChI=1S/C27H33N3O5/c1-26(2,3)30-12-10-27(11-13-30)21-7-5-4-6-20(21)23(35-27)25(32)29-14-15-34-22-16-18(24(31)28-33)8-9-19(22)17-29/h4-9,16,23,33H,10-15,17H2,1-3H3,(H,28,31). The number of hydrogen-bond donors (Lipinski definition) is 2. The molecule has 5 rings (SSSR count). The third kappa shape index (κ3) is 4.30. The van der Waals surface area contributed by atoms with E-state index in [0.717, 1.165) is 42.6 Å². The van der Waals surface area contributed by atoms with Crippen LogP contribution in [0.1, 0.15) is 66.8 Å². The van der Waals surface area contributed by atoms with Gasteiger partial charge in [0.2, 0.25) is 0 Å². The summed E-state index contributed by atoms with van der Waals surface area (Å²) in [6, 6.07) is 13.1. The maximum atomic E-state index is 13.8. The summed E-state index contributed by atoms with van der Waals surface area (Å²) in [6.45, 7) is 9.64. The number of rotatable bonds is 2. The molecular formula is C27H33N3O5. The monoisotopic (exact) mass is 479 g/mol. The summed E-state index contributed by atoms with van der Waals surface area (Å²) in [5.41, 5.74) is 4.50. The second-order valence-electron chi connectivity index (χ2n) is 10.6. The number of piperidine rings is 1. The third-order valence-corrected chi connectivity index (χ3v) is 7.54. The first-order chi connectivity index (χ1) is 16.7. The molecule has 0 aromatic heterocycles. The van der Waals surface area contributed by atoms with Gasteiger partial charge >= 0.3 is 0 Å². The van der Waals surface area contributed by atoms with Crippen LogP contribution >= 0.6 is 0 Å². The smallest absolute Gasteiger partial charge is 0.274 e. The van der Waals surface area contributed by atoms with Crippen LogP contribution in [-0.2, 0) is 21.7 Å². The van der Waals surface area contributed by atoms with Crippen molar-refractivity contribution in [2.75, 3.05) is 26.2 Å². The van der Waals surface area contributed by atoms with E-state index in [4.69, 9.17) is 14.7 Å². The fourth-order valence-electron chi connectivity index (χ4n) is 5.53. The molecule has 8 heteroatoms. The van der Waals surface area contributed by atoms with Crippen molar-refractivity contribution in [2.45, 2.75) is 57.4 Å². The first-order valence-electron chi connectivity index (χ1n) is 12.2. The second kappa shape index (κ2) is 8.93. The Kier molecular flexibility index (Phi) is 6.07. The Labute approximate surface area is 205 Å². The quantitative estimate of drug-likeness (QED) is 0.507. The largest absolute Gasteiger partial charge is 0.491 e. The van der Waals surface area contributed by atoms with Crippen molar-refractivity contribution in [2.24, 2.45) is 0 Å². The molecule has 2 aromatic carbocycles. The summed E-state index contributed by atoms with van der Waals surface area (Å²) in [4.78, 5) is 29.9. The Morgan fingerprint density at radius 3 is 2.54 bits per heavy atom. The van der Waals surface area contributed by atoms with Gasteiger partial charge in [-0.25, -0.2) is 5.48 Å². The van der Waals surface area contributed by atoms with Crippen molar-refractivity contribution < 1.29 is 24.3 Å². The number of hydrogen-bond acceptors (Lipinski definition) is 6. The van der Waals surface area contributed by atoms with Gasteiger partial charge in [0.15, 0.2) is 6.10 Å². The molecule has 2 amide bonds. The van der Waals surface area contributed by atoms with Gasteiger partial charge in [0.1, 0.15) is 12.4 Å². The van der Waals surface area contributed by atoms with Crippen molar-refractivity contribution in [3.8, 4) is 5.75 Å². The van der Waals surface area contributed by atoms with Gasteiger partial charge in [-0.1, -0.05) is 30.3 Å². The van der Waals surface area contributed by atoms with Gasteiger partial charge in [0, 0.05) is 36.3 Å². The summed E-state index contributed by atoms with van der Waals surface area (Å²) >= 11 is 0. The Morgan fingerprint density at radius 2 is 1.83 bits per heavy atom. The number of ether oxygens (including phenoxy) is 2. The molecule has 3 aliphatic heterocycles. The zero-order valence-corrected chi connectivity index (χ0v) is 20.5. The second-order valence-corrected chi connectivity index (χ2v) is 10.6. The molecule has 0 aliphatic carbocycles. The van der Waals surface area contributed by atoms with Crippen LogP contribution in [0.5, 0.6) is 5.75 Å². The van der Waals surface area contributed by atoms with Gasteiger partial charge in [-0.2, -0.15) is 0 Å². The lowest BCUT2D eigenvalue weighted by Crippen LogP contribution is -2.50. The number of likely N-dealkylation sites (tertiary alicyclic amines) is 1. The summed E-state index contributed by atoms with van der Waals surface area (Å²) in [7, 11) is 0. The molecule has 1 spiro atoms. The maximum Gasteiger partial charge on any atom is 0.274 e. The number of benzene rings is 2. The topological polar surface area (TPSA) is 91.3 Å². The van der Waals surface area contributed by atoms with Crippen LogP contribution in [0.15, 0.2) is 42.5 Å². The Bertz CT molecular complexity index is 1130. The molecule has 1 saturated heterocycles. The van der Waals surface area contributed by atoms with E-state index in [2.05, 4.69) is 31.7 Å². The highest BCUT2D eigenvalue weighted by molar-refractivity contribution is 5.94. The molecule has 1 unspecified atom stereocenters. The van der Waals surface area contributed by atoms with Gasteiger partial charge in [0.05, 0.1) is 12.1 Å². The molecule has 1 fully saturated rings. The Morgan fingerprint density at radius 1 is 1.09 bits per heavy atom. The molecule has 0 saturated carbocycles. The van der Waals surface area contributed by atoms with Crippen molar-refractivity contribution in [3.05, 3.63) is 64.7 Å². The molecule has 0 radical (unpaired) electrons. The third-order valence-electron chi connectivity index (χ3n) is 7.54. The van der Waals surface area contributed by atoms with Gasteiger partial charge in [-0.05, 0) is 56.9 Å². The van der Waals surface area contributed by atoms with Crippen molar-refractivity contribution in [1.82, 2.24) is 15.3 Å². The van der Waals surface area contributed by atoms with E-state index in [1.165, 1.54) is 0 Å². The fraction of sp³-hybridized carbons (Fsp3) is 0.481. The number of nitrogens with one attached hydrogen (secondary N) is 1. The van der Waals surface area contributed by atoms with Crippen LogP contribution in [0.3, 0.4) is 0 Å². The number of carbonyl (C=O) groups is 2. The van der Waals surface area contributed by atoms with Gasteiger partial charge in [-0.15, -0.1) is 0 Å². The first-order valence-corrected chi connectivity index (χ1v) is 12.2. The summed E-state index contributed by atoms with van der Waals surface area (Å²) in [5, 5.41) is 8.91. The molecular weight excluding hydrogens is 446 g/mol. The van der Waals surface area contributed by atoms with E-state index in [-0.39, 0.29) is 11.4 Å². The lowest BCUT2D eigenvalue weighted by molar-refractivity contribution is -0.163. The normalized spacial score (nSPS) is 21.6. The highest BCUT2D eigenvalue weighted by Gasteiger charge is 2.50. The van der Waals surface area contributed by atoms with E-state index in [9.17, 15) is 9.59 Å². The van der Waals surface area contributed by atoms with Crippen molar-refractivity contribution in [3.63, 3.8) is 0 Å². The van der Waals surface area contributed by atoms with Gasteiger partial charge in [-0.3, -0.25) is 19.7 Å². The average molecular weight is 480 g/mol. The number of nitrogens with zero attached hydrogens (tertiary/aromatic N) is 2. The minimum absolute atomic E-state index is 0.0683. The zero-order chi connectivity index (χ0) is 24.8. The van der Waals surface area contributed by atoms with Crippen molar-refractivity contribution >= 4 is 11.8 Å². The van der Waals surface area contributed by atoms with Crippen molar-refractivity contribution in [1.29, 1.82) is 0 Å². The zero-order valence-electron chi connectivity index (χ0n) is 20.5. The highest BCUT2D eigenvalue weighted by Crippen LogP contribution is 2.50. The fourth-order valence-corrected chi connectivity index (χ4v) is 5.53.